The molecule has 2 amide bonds. The number of para-hydroxylation sites is 1. The molecule has 0 aliphatic carbocycles. The molecule has 0 aliphatic rings. The fourth-order valence-corrected chi connectivity index (χ4v) is 6.36. The summed E-state index contributed by atoms with van der Waals surface area (Å²) in [6, 6.07) is 29.9. The number of benzene rings is 4. The van der Waals surface area contributed by atoms with Gasteiger partial charge in [0.05, 0.1) is 17.7 Å². The molecule has 1 N–H and O–H groups in total. The molecule has 0 spiro atoms. The van der Waals surface area contributed by atoms with Crippen LogP contribution in [0.3, 0.4) is 0 Å². The number of carbonyl (C=O) groups excluding carboxylic acids is 2. The summed E-state index contributed by atoms with van der Waals surface area (Å²) in [5.41, 5.74) is 1.90. The highest BCUT2D eigenvalue weighted by Crippen LogP contribution is 2.26. The van der Waals surface area contributed by atoms with Gasteiger partial charge in [0.1, 0.15) is 18.3 Å². The van der Waals surface area contributed by atoms with E-state index in [2.05, 4.69) is 5.32 Å². The first-order valence-electron chi connectivity index (χ1n) is 14.7. The Morgan fingerprint density at radius 3 is 2.11 bits per heavy atom. The fraction of sp³-hybridized carbons (Fsp3) is 0.257. The van der Waals surface area contributed by atoms with Crippen molar-refractivity contribution in [1.29, 1.82) is 0 Å². The molecule has 4 rings (SSSR count). The average molecular weight is 648 g/mol. The van der Waals surface area contributed by atoms with Crippen LogP contribution in [0.5, 0.6) is 5.75 Å². The van der Waals surface area contributed by atoms with Gasteiger partial charge in [0.2, 0.25) is 11.8 Å². The van der Waals surface area contributed by atoms with Crippen molar-refractivity contribution < 1.29 is 22.7 Å². The number of carbonyl (C=O) groups is 2. The van der Waals surface area contributed by atoms with E-state index in [9.17, 15) is 18.0 Å². The van der Waals surface area contributed by atoms with Crippen LogP contribution < -0.4 is 14.4 Å². The molecule has 0 saturated heterocycles. The first-order valence-corrected chi connectivity index (χ1v) is 16.5. The lowest BCUT2D eigenvalue weighted by atomic mass is 10.0. The number of sulfonamides is 1. The van der Waals surface area contributed by atoms with Crippen molar-refractivity contribution >= 4 is 39.1 Å². The summed E-state index contributed by atoms with van der Waals surface area (Å²) in [4.78, 5) is 29.9. The number of anilines is 1. The molecular weight excluding hydrogens is 610 g/mol. The second kappa shape index (κ2) is 15.6. The van der Waals surface area contributed by atoms with Gasteiger partial charge < -0.3 is 15.0 Å². The van der Waals surface area contributed by atoms with E-state index in [0.717, 1.165) is 15.4 Å². The number of hydrogen-bond acceptors (Lipinski definition) is 5. The minimum atomic E-state index is -4.20. The Bertz CT molecular complexity index is 1670. The van der Waals surface area contributed by atoms with E-state index in [1.165, 1.54) is 29.2 Å². The third-order valence-corrected chi connectivity index (χ3v) is 9.52. The van der Waals surface area contributed by atoms with Gasteiger partial charge in [-0.25, -0.2) is 8.42 Å². The van der Waals surface area contributed by atoms with Crippen LogP contribution in [0.15, 0.2) is 114 Å². The van der Waals surface area contributed by atoms with Crippen molar-refractivity contribution in [2.45, 2.75) is 50.2 Å². The van der Waals surface area contributed by atoms with Gasteiger partial charge in [-0.1, -0.05) is 79.2 Å². The van der Waals surface area contributed by atoms with Gasteiger partial charge in [0.25, 0.3) is 10.0 Å². The average Bonchev–Trinajstić information content (AvgIpc) is 3.06. The summed E-state index contributed by atoms with van der Waals surface area (Å²) in [6.07, 6.45) is 0.933. The van der Waals surface area contributed by atoms with Gasteiger partial charge >= 0.3 is 0 Å². The van der Waals surface area contributed by atoms with E-state index < -0.39 is 28.5 Å². The van der Waals surface area contributed by atoms with Gasteiger partial charge in [-0.15, -0.1) is 0 Å². The van der Waals surface area contributed by atoms with E-state index in [-0.39, 0.29) is 29.8 Å². The van der Waals surface area contributed by atoms with E-state index in [1.54, 1.807) is 49.6 Å². The van der Waals surface area contributed by atoms with Gasteiger partial charge in [-0.3, -0.25) is 13.9 Å². The molecule has 236 valence electrons. The van der Waals surface area contributed by atoms with Crippen molar-refractivity contribution in [3.05, 3.63) is 125 Å². The Morgan fingerprint density at radius 1 is 0.867 bits per heavy atom. The number of amides is 2. The molecule has 2 unspecified atom stereocenters. The number of hydrogen-bond donors (Lipinski definition) is 1. The monoisotopic (exact) mass is 647 g/mol. The van der Waals surface area contributed by atoms with Crippen LogP contribution in [0.1, 0.15) is 31.4 Å². The predicted molar refractivity (Wildman–Crippen MR) is 178 cm³/mol. The molecule has 0 aromatic heterocycles. The highest BCUT2D eigenvalue weighted by Gasteiger charge is 2.35. The van der Waals surface area contributed by atoms with Crippen molar-refractivity contribution in [3.63, 3.8) is 0 Å². The molecular formula is C35H38ClN3O5S. The highest BCUT2D eigenvalue weighted by atomic mass is 35.5. The fourth-order valence-electron chi connectivity index (χ4n) is 4.82. The van der Waals surface area contributed by atoms with E-state index in [4.69, 9.17) is 16.3 Å². The lowest BCUT2D eigenvalue weighted by Crippen LogP contribution is -2.54. The smallest absolute Gasteiger partial charge is 0.264 e. The summed E-state index contributed by atoms with van der Waals surface area (Å²) in [5, 5.41) is 3.42. The molecule has 10 heteroatoms. The second-order valence-electron chi connectivity index (χ2n) is 10.7. The summed E-state index contributed by atoms with van der Waals surface area (Å²) >= 11 is 6.04. The molecule has 0 aliphatic heterocycles. The van der Waals surface area contributed by atoms with Crippen LogP contribution >= 0.6 is 11.6 Å². The van der Waals surface area contributed by atoms with E-state index >= 15 is 0 Å². The van der Waals surface area contributed by atoms with Gasteiger partial charge in [0.15, 0.2) is 0 Å². The molecule has 0 heterocycles. The Hall–Kier alpha value is -4.34. The molecule has 45 heavy (non-hydrogen) atoms. The first-order chi connectivity index (χ1) is 21.6. The number of ether oxygens (including phenoxy) is 1. The molecule has 0 radical (unpaired) electrons. The Kier molecular flexibility index (Phi) is 11.6. The minimum absolute atomic E-state index is 0.0155. The van der Waals surface area contributed by atoms with Crippen molar-refractivity contribution in [2.24, 2.45) is 0 Å². The van der Waals surface area contributed by atoms with Crippen LogP contribution in [0.2, 0.25) is 5.02 Å². The molecule has 4 aromatic carbocycles. The molecule has 8 nitrogen and oxygen atoms in total. The molecule has 0 bridgehead atoms. The maximum absolute atomic E-state index is 14.5. The SMILES string of the molecule is CCC(C)NC(=O)C(Cc1ccccc1)N(Cc1cccc(OC)c1)C(=O)CN(c1ccccc1)S(=O)(=O)c1ccc(Cl)cc1. The normalized spacial score (nSPS) is 12.5. The second-order valence-corrected chi connectivity index (χ2v) is 13.0. The molecule has 0 saturated carbocycles. The van der Waals surface area contributed by atoms with Crippen molar-refractivity contribution in [1.82, 2.24) is 10.2 Å². The van der Waals surface area contributed by atoms with Crippen LogP contribution in [0.25, 0.3) is 0 Å². The van der Waals surface area contributed by atoms with E-state index in [1.807, 2.05) is 56.3 Å². The number of rotatable bonds is 14. The quantitative estimate of drug-likeness (QED) is 0.179. The maximum Gasteiger partial charge on any atom is 0.264 e. The maximum atomic E-state index is 14.5. The Morgan fingerprint density at radius 2 is 1.49 bits per heavy atom. The summed E-state index contributed by atoms with van der Waals surface area (Å²) in [6.45, 7) is 3.38. The third-order valence-electron chi connectivity index (χ3n) is 7.48. The van der Waals surface area contributed by atoms with Crippen LogP contribution in [-0.2, 0) is 32.6 Å². The van der Waals surface area contributed by atoms with E-state index in [0.29, 0.717) is 22.9 Å². The zero-order valence-corrected chi connectivity index (χ0v) is 27.2. The van der Waals surface area contributed by atoms with Crippen molar-refractivity contribution in [3.8, 4) is 5.75 Å². The zero-order valence-electron chi connectivity index (χ0n) is 25.6. The van der Waals surface area contributed by atoms with Crippen LogP contribution in [0.4, 0.5) is 5.69 Å². The Balaban J connectivity index is 1.80. The number of halogens is 1. The lowest BCUT2D eigenvalue weighted by molar-refractivity contribution is -0.140. The summed E-state index contributed by atoms with van der Waals surface area (Å²) < 4.78 is 34.6. The largest absolute Gasteiger partial charge is 0.497 e. The third kappa shape index (κ3) is 8.86. The van der Waals surface area contributed by atoms with Crippen LogP contribution in [0, 0.1) is 0 Å². The Labute approximate surface area is 270 Å². The molecule has 4 aromatic rings. The zero-order chi connectivity index (χ0) is 32.4. The highest BCUT2D eigenvalue weighted by molar-refractivity contribution is 7.92. The molecule has 2 atom stereocenters. The summed E-state index contributed by atoms with van der Waals surface area (Å²) in [7, 11) is -2.65. The van der Waals surface area contributed by atoms with Crippen LogP contribution in [-0.4, -0.2) is 50.9 Å². The standard InChI is InChI=1S/C35H38ClN3O5S/c1-4-26(2)37-35(41)33(23-27-12-7-5-8-13-27)38(24-28-14-11-17-31(22-28)44-3)34(40)25-39(30-15-9-6-10-16-30)45(42,43)32-20-18-29(36)19-21-32/h5-22,26,33H,4,23-25H2,1-3H3,(H,37,41). The van der Waals surface area contributed by atoms with Gasteiger partial charge in [-0.2, -0.15) is 0 Å². The number of nitrogens with one attached hydrogen (secondary N) is 1. The molecule has 0 fully saturated rings. The van der Waals surface area contributed by atoms with Crippen molar-refractivity contribution in [2.75, 3.05) is 18.0 Å². The first kappa shape index (κ1) is 33.6. The predicted octanol–water partition coefficient (Wildman–Crippen LogP) is 6.10. The topological polar surface area (TPSA) is 96.0 Å². The lowest BCUT2D eigenvalue weighted by Gasteiger charge is -2.34. The number of methoxy groups -OCH3 is 1. The minimum Gasteiger partial charge on any atom is -0.497 e. The van der Waals surface area contributed by atoms with Gasteiger partial charge in [-0.05, 0) is 73.0 Å². The van der Waals surface area contributed by atoms with Gasteiger partial charge in [0, 0.05) is 24.0 Å². The number of nitrogens with zero attached hydrogens (tertiary/aromatic N) is 2. The summed E-state index contributed by atoms with van der Waals surface area (Å²) in [5.74, 6) is -0.268.